The molecular formula is C36H41ClF3N5O5. The number of alkyl halides is 3. The van der Waals surface area contributed by atoms with Crippen molar-refractivity contribution in [2.75, 3.05) is 14.2 Å². The molecule has 0 fully saturated rings. The zero-order valence-corrected chi connectivity index (χ0v) is 29.5. The lowest BCUT2D eigenvalue weighted by Crippen LogP contribution is -2.47. The zero-order valence-electron chi connectivity index (χ0n) is 28.7. The molecule has 3 aromatic carbocycles. The van der Waals surface area contributed by atoms with Gasteiger partial charge in [0.15, 0.2) is 5.71 Å². The highest BCUT2D eigenvalue weighted by Crippen LogP contribution is 2.36. The molecule has 1 N–H and O–H groups in total. The molecule has 1 unspecified atom stereocenters. The normalized spacial score (nSPS) is 13.5. The van der Waals surface area contributed by atoms with Gasteiger partial charge in [0, 0.05) is 16.1 Å². The standard InChI is InChI=1S/C20H19F3N2O4.C16H22ClN3O/c1-13(14-8-6-9-16(11-14)20(21,22)23)24-29-12-15-7-4-5-10-17(15)18(25-28-3)19(26)27-2;1-15(2,3)16(21,10-20-12-18-11-19-20)9-8-13-4-6-14(17)7-5-13/h4-11H,12H2,1-3H3;4-7,11-12,21H,8-10H2,1-3H3/b24-13+,25-18+;. The Balaban J connectivity index is 0.000000284. The minimum Gasteiger partial charge on any atom is -0.464 e. The van der Waals surface area contributed by atoms with Crippen molar-refractivity contribution >= 4 is 29.0 Å². The summed E-state index contributed by atoms with van der Waals surface area (Å²) in [6.07, 6.45) is 0.125. The van der Waals surface area contributed by atoms with Gasteiger partial charge < -0.3 is 19.5 Å². The number of rotatable bonds is 12. The first-order valence-electron chi connectivity index (χ1n) is 15.5. The summed E-state index contributed by atoms with van der Waals surface area (Å²) in [4.78, 5) is 25.9. The summed E-state index contributed by atoms with van der Waals surface area (Å²) >= 11 is 5.90. The van der Waals surface area contributed by atoms with Gasteiger partial charge in [-0.2, -0.15) is 18.3 Å². The number of aliphatic hydroxyl groups is 1. The van der Waals surface area contributed by atoms with Gasteiger partial charge in [-0.1, -0.05) is 91.2 Å². The zero-order chi connectivity index (χ0) is 37.0. The van der Waals surface area contributed by atoms with Crippen LogP contribution in [0.1, 0.15) is 61.9 Å². The average Bonchev–Trinajstić information content (AvgIpc) is 3.59. The number of carbonyl (C=O) groups is 1. The predicted octanol–water partition coefficient (Wildman–Crippen LogP) is 7.51. The van der Waals surface area contributed by atoms with Gasteiger partial charge in [-0.15, -0.1) is 0 Å². The van der Waals surface area contributed by atoms with Crippen molar-refractivity contribution in [3.8, 4) is 0 Å². The molecule has 0 aliphatic rings. The van der Waals surface area contributed by atoms with E-state index in [0.29, 0.717) is 24.1 Å². The van der Waals surface area contributed by atoms with Gasteiger partial charge >= 0.3 is 12.1 Å². The second-order valence-electron chi connectivity index (χ2n) is 12.3. The Labute approximate surface area is 294 Å². The van der Waals surface area contributed by atoms with E-state index >= 15 is 0 Å². The summed E-state index contributed by atoms with van der Waals surface area (Å²) < 4.78 is 44.9. The van der Waals surface area contributed by atoms with Crippen molar-refractivity contribution in [2.24, 2.45) is 15.7 Å². The SMILES string of the molecule is CC(C)(C)C(O)(CCc1ccc(Cl)cc1)Cn1cncn1.CO/N=C(/C(=O)OC)c1ccccc1CO/N=C(\C)c1cccc(C(F)(F)F)c1. The number of methoxy groups -OCH3 is 1. The summed E-state index contributed by atoms with van der Waals surface area (Å²) in [7, 11) is 2.51. The Kier molecular flexibility index (Phi) is 14.1. The van der Waals surface area contributed by atoms with Crippen LogP contribution in [0.4, 0.5) is 13.2 Å². The number of halogens is 4. The third-order valence-electron chi connectivity index (χ3n) is 7.89. The maximum absolute atomic E-state index is 12.9. The Bertz CT molecular complexity index is 1740. The van der Waals surface area contributed by atoms with Crippen LogP contribution >= 0.6 is 11.6 Å². The lowest BCUT2D eigenvalue weighted by Gasteiger charge is -2.40. The number of oxime groups is 2. The molecule has 0 radical (unpaired) electrons. The first kappa shape index (κ1) is 39.7. The second kappa shape index (κ2) is 17.8. The molecule has 14 heteroatoms. The maximum Gasteiger partial charge on any atom is 0.416 e. The summed E-state index contributed by atoms with van der Waals surface area (Å²) in [6.45, 7) is 8.06. The molecule has 0 amide bonds. The first-order chi connectivity index (χ1) is 23.6. The lowest BCUT2D eigenvalue weighted by atomic mass is 9.73. The molecule has 4 aromatic rings. The number of hydrogen-bond acceptors (Lipinski definition) is 9. The number of aromatic nitrogens is 3. The monoisotopic (exact) mass is 715 g/mol. The molecule has 268 valence electrons. The maximum atomic E-state index is 12.9. The van der Waals surface area contributed by atoms with E-state index in [-0.39, 0.29) is 29.0 Å². The lowest BCUT2D eigenvalue weighted by molar-refractivity contribution is -0.137. The van der Waals surface area contributed by atoms with Gasteiger partial charge in [-0.3, -0.25) is 4.68 Å². The molecule has 1 atom stereocenters. The molecule has 10 nitrogen and oxygen atoms in total. The van der Waals surface area contributed by atoms with E-state index in [1.807, 2.05) is 45.0 Å². The van der Waals surface area contributed by atoms with Crippen LogP contribution in [0.3, 0.4) is 0 Å². The molecule has 4 rings (SSSR count). The van der Waals surface area contributed by atoms with Gasteiger partial charge in [-0.05, 0) is 60.6 Å². The molecule has 0 aliphatic heterocycles. The summed E-state index contributed by atoms with van der Waals surface area (Å²) in [5.41, 5.74) is 0.770. The quantitative estimate of drug-likeness (QED) is 0.0916. The molecule has 0 saturated heterocycles. The van der Waals surface area contributed by atoms with Crippen LogP contribution in [0.25, 0.3) is 0 Å². The van der Waals surface area contributed by atoms with Crippen LogP contribution in [-0.2, 0) is 45.0 Å². The van der Waals surface area contributed by atoms with Gasteiger partial charge in [0.1, 0.15) is 26.4 Å². The van der Waals surface area contributed by atoms with Crippen LogP contribution < -0.4 is 0 Å². The number of benzene rings is 3. The number of esters is 1. The minimum absolute atomic E-state index is 0.0484. The summed E-state index contributed by atoms with van der Waals surface area (Å²) in [5.74, 6) is -0.692. The van der Waals surface area contributed by atoms with E-state index in [0.717, 1.165) is 23.6 Å². The fraction of sp³-hybridized carbons (Fsp3) is 0.361. The molecule has 0 saturated carbocycles. The minimum atomic E-state index is -4.44. The first-order valence-corrected chi connectivity index (χ1v) is 15.9. The van der Waals surface area contributed by atoms with E-state index in [1.54, 1.807) is 35.3 Å². The van der Waals surface area contributed by atoms with Crippen molar-refractivity contribution < 1.29 is 37.5 Å². The van der Waals surface area contributed by atoms with Gasteiger partial charge in [0.25, 0.3) is 0 Å². The van der Waals surface area contributed by atoms with Crippen LogP contribution in [0, 0.1) is 5.41 Å². The molecule has 1 heterocycles. The van der Waals surface area contributed by atoms with E-state index < -0.39 is 23.3 Å². The number of ether oxygens (including phenoxy) is 1. The summed E-state index contributed by atoms with van der Waals surface area (Å²) in [6, 6.07) is 19.3. The number of carbonyl (C=O) groups excluding carboxylic acids is 1. The van der Waals surface area contributed by atoms with E-state index in [4.69, 9.17) is 26.0 Å². The fourth-order valence-corrected chi connectivity index (χ4v) is 4.84. The van der Waals surface area contributed by atoms with Gasteiger partial charge in [0.2, 0.25) is 0 Å². The van der Waals surface area contributed by atoms with Gasteiger partial charge in [0.05, 0.1) is 30.5 Å². The number of nitrogens with zero attached hydrogens (tertiary/aromatic N) is 5. The predicted molar refractivity (Wildman–Crippen MR) is 185 cm³/mol. The molecular weight excluding hydrogens is 675 g/mol. The smallest absolute Gasteiger partial charge is 0.416 e. The van der Waals surface area contributed by atoms with Crippen LogP contribution in [-0.4, -0.2) is 57.1 Å². The molecule has 50 heavy (non-hydrogen) atoms. The highest BCUT2D eigenvalue weighted by molar-refractivity contribution is 6.43. The van der Waals surface area contributed by atoms with Crippen molar-refractivity contribution in [1.82, 2.24) is 14.8 Å². The van der Waals surface area contributed by atoms with Crippen molar-refractivity contribution in [3.05, 3.63) is 118 Å². The van der Waals surface area contributed by atoms with Gasteiger partial charge in [-0.25, -0.2) is 9.78 Å². The Morgan fingerprint density at radius 1 is 0.980 bits per heavy atom. The second-order valence-corrected chi connectivity index (χ2v) is 12.7. The van der Waals surface area contributed by atoms with Crippen LogP contribution in [0.2, 0.25) is 5.02 Å². The van der Waals surface area contributed by atoms with Crippen molar-refractivity contribution in [1.29, 1.82) is 0 Å². The molecule has 0 bridgehead atoms. The third-order valence-corrected chi connectivity index (χ3v) is 8.14. The highest BCUT2D eigenvalue weighted by atomic mass is 35.5. The van der Waals surface area contributed by atoms with Crippen LogP contribution in [0.5, 0.6) is 0 Å². The highest BCUT2D eigenvalue weighted by Gasteiger charge is 2.40. The average molecular weight is 716 g/mol. The van der Waals surface area contributed by atoms with Crippen molar-refractivity contribution in [2.45, 2.75) is 65.5 Å². The number of hydrogen-bond donors (Lipinski definition) is 1. The Hall–Kier alpha value is -4.75. The molecule has 1 aromatic heterocycles. The van der Waals surface area contributed by atoms with Crippen LogP contribution in [0.15, 0.2) is 95.8 Å². The van der Waals surface area contributed by atoms with E-state index in [2.05, 4.69) is 20.4 Å². The fourth-order valence-electron chi connectivity index (χ4n) is 4.71. The molecule has 0 aliphatic carbocycles. The Morgan fingerprint density at radius 2 is 1.68 bits per heavy atom. The van der Waals surface area contributed by atoms with E-state index in [1.165, 1.54) is 45.2 Å². The summed E-state index contributed by atoms with van der Waals surface area (Å²) in [5, 5.41) is 23.5. The van der Waals surface area contributed by atoms with Crippen molar-refractivity contribution in [3.63, 3.8) is 0 Å². The largest absolute Gasteiger partial charge is 0.464 e. The Morgan fingerprint density at radius 3 is 2.28 bits per heavy atom. The van der Waals surface area contributed by atoms with E-state index in [9.17, 15) is 23.1 Å². The third kappa shape index (κ3) is 11.4. The topological polar surface area (TPSA) is 120 Å². The molecule has 0 spiro atoms. The number of aryl methyl sites for hydroxylation is 1.